The van der Waals surface area contributed by atoms with E-state index in [1.54, 1.807) is 11.0 Å². The van der Waals surface area contributed by atoms with E-state index in [0.29, 0.717) is 13.0 Å². The van der Waals surface area contributed by atoms with E-state index >= 15 is 0 Å². The zero-order valence-corrected chi connectivity index (χ0v) is 6.95. The molecule has 1 rings (SSSR count). The Balaban J connectivity index is 2.42. The van der Waals surface area contributed by atoms with Gasteiger partial charge in [0.15, 0.2) is 0 Å². The van der Waals surface area contributed by atoms with Gasteiger partial charge in [0, 0.05) is 6.61 Å². The highest BCUT2D eigenvalue weighted by atomic mass is 79.9. The Morgan fingerprint density at radius 2 is 2.50 bits per heavy atom. The molecule has 0 saturated carbocycles. The van der Waals surface area contributed by atoms with Crippen LogP contribution >= 0.6 is 15.9 Å². The smallest absolute Gasteiger partial charge is 0.148 e. The molecule has 0 fully saturated rings. The Morgan fingerprint density at radius 1 is 1.70 bits per heavy atom. The molecule has 1 N–H and O–H groups in total. The van der Waals surface area contributed by atoms with Crippen LogP contribution in [0.4, 0.5) is 0 Å². The quantitative estimate of drug-likeness (QED) is 0.779. The van der Waals surface area contributed by atoms with Gasteiger partial charge in [0.1, 0.15) is 4.60 Å². The van der Waals surface area contributed by atoms with Crippen molar-refractivity contribution in [2.45, 2.75) is 13.0 Å². The molecule has 0 amide bonds. The van der Waals surface area contributed by atoms with E-state index in [-0.39, 0.29) is 6.61 Å². The van der Waals surface area contributed by atoms with Crippen molar-refractivity contribution in [2.24, 2.45) is 0 Å². The molecule has 0 unspecified atom stereocenters. The van der Waals surface area contributed by atoms with Gasteiger partial charge in [-0.2, -0.15) is 9.90 Å². The van der Waals surface area contributed by atoms with Crippen LogP contribution in [0, 0.1) is 0 Å². The maximum atomic E-state index is 8.45. The predicted octanol–water partition coefficient (Wildman–Crippen LogP) is 0.423. The Bertz CT molecular complexity index is 201. The highest BCUT2D eigenvalue weighted by Crippen LogP contribution is 2.00. The summed E-state index contributed by atoms with van der Waals surface area (Å²) in [5.74, 6) is 0. The first-order valence-electron chi connectivity index (χ1n) is 2.99. The number of halogens is 1. The molecule has 4 nitrogen and oxygen atoms in total. The number of rotatable bonds is 3. The minimum atomic E-state index is 0.180. The maximum absolute atomic E-state index is 8.45. The number of nitrogens with zero attached hydrogens (tertiary/aromatic N) is 3. The standard InChI is InChI=1S/C5H8BrN3O/c6-5-4-7-9(8-5)2-1-3-10/h4,10H,1-3H2. The third kappa shape index (κ3) is 2.07. The fraction of sp³-hybridized carbons (Fsp3) is 0.600. The highest BCUT2D eigenvalue weighted by Gasteiger charge is 1.94. The molecule has 0 bridgehead atoms. The van der Waals surface area contributed by atoms with Gasteiger partial charge in [0.25, 0.3) is 0 Å². The largest absolute Gasteiger partial charge is 0.396 e. The van der Waals surface area contributed by atoms with E-state index in [9.17, 15) is 0 Å². The van der Waals surface area contributed by atoms with Gasteiger partial charge >= 0.3 is 0 Å². The van der Waals surface area contributed by atoms with Crippen molar-refractivity contribution in [2.75, 3.05) is 6.61 Å². The lowest BCUT2D eigenvalue weighted by Gasteiger charge is -1.93. The van der Waals surface area contributed by atoms with Gasteiger partial charge < -0.3 is 5.11 Å². The first kappa shape index (κ1) is 7.68. The number of aromatic nitrogens is 3. The zero-order valence-electron chi connectivity index (χ0n) is 5.37. The zero-order chi connectivity index (χ0) is 7.40. The Hall–Kier alpha value is -0.420. The van der Waals surface area contributed by atoms with Crippen LogP contribution in [-0.2, 0) is 6.54 Å². The average Bonchev–Trinajstić information content (AvgIpc) is 2.31. The van der Waals surface area contributed by atoms with E-state index in [2.05, 4.69) is 26.1 Å². The van der Waals surface area contributed by atoms with Crippen LogP contribution in [0.25, 0.3) is 0 Å². The van der Waals surface area contributed by atoms with Gasteiger partial charge in [-0.15, -0.1) is 5.10 Å². The predicted molar refractivity (Wildman–Crippen MR) is 39.4 cm³/mol. The summed E-state index contributed by atoms with van der Waals surface area (Å²) < 4.78 is 0.727. The van der Waals surface area contributed by atoms with Gasteiger partial charge in [-0.05, 0) is 22.4 Å². The van der Waals surface area contributed by atoms with Crippen molar-refractivity contribution in [3.05, 3.63) is 10.8 Å². The summed E-state index contributed by atoms with van der Waals surface area (Å²) in [7, 11) is 0. The molecule has 0 aromatic carbocycles. The summed E-state index contributed by atoms with van der Waals surface area (Å²) in [5, 5.41) is 16.3. The number of hydrogen-bond donors (Lipinski definition) is 1. The number of aliphatic hydroxyl groups excluding tert-OH is 1. The van der Waals surface area contributed by atoms with Crippen LogP contribution in [0.1, 0.15) is 6.42 Å². The Kier molecular flexibility index (Phi) is 2.82. The molecular formula is C5H8BrN3O. The van der Waals surface area contributed by atoms with Crippen molar-refractivity contribution < 1.29 is 5.11 Å². The fourth-order valence-electron chi connectivity index (χ4n) is 0.596. The molecule has 0 aliphatic carbocycles. The van der Waals surface area contributed by atoms with Crippen LogP contribution < -0.4 is 0 Å². The van der Waals surface area contributed by atoms with E-state index < -0.39 is 0 Å². The number of aliphatic hydroxyl groups is 1. The average molecular weight is 206 g/mol. The minimum Gasteiger partial charge on any atom is -0.396 e. The van der Waals surface area contributed by atoms with Crippen molar-refractivity contribution >= 4 is 15.9 Å². The van der Waals surface area contributed by atoms with Gasteiger partial charge in [0.2, 0.25) is 0 Å². The topological polar surface area (TPSA) is 50.9 Å². The van der Waals surface area contributed by atoms with E-state index in [0.717, 1.165) is 4.60 Å². The molecule has 5 heteroatoms. The Morgan fingerprint density at radius 3 is 3.00 bits per heavy atom. The fourth-order valence-corrected chi connectivity index (χ4v) is 0.871. The molecule has 0 radical (unpaired) electrons. The molecule has 0 atom stereocenters. The van der Waals surface area contributed by atoms with Crippen molar-refractivity contribution in [1.29, 1.82) is 0 Å². The second kappa shape index (κ2) is 3.68. The van der Waals surface area contributed by atoms with Crippen LogP contribution in [0.3, 0.4) is 0 Å². The third-order valence-corrected chi connectivity index (χ3v) is 1.39. The molecule has 1 aromatic heterocycles. The lowest BCUT2D eigenvalue weighted by atomic mass is 10.5. The van der Waals surface area contributed by atoms with Gasteiger partial charge in [0.05, 0.1) is 12.7 Å². The number of hydrogen-bond acceptors (Lipinski definition) is 3. The molecule has 10 heavy (non-hydrogen) atoms. The Labute approximate surface area is 67.0 Å². The second-order valence-corrected chi connectivity index (χ2v) is 2.65. The molecule has 0 aliphatic rings. The SMILES string of the molecule is OCCCn1ncc(Br)n1. The number of aryl methyl sites for hydroxylation is 1. The maximum Gasteiger partial charge on any atom is 0.148 e. The van der Waals surface area contributed by atoms with Crippen LogP contribution in [0.15, 0.2) is 10.8 Å². The first-order chi connectivity index (χ1) is 4.83. The monoisotopic (exact) mass is 205 g/mol. The third-order valence-electron chi connectivity index (χ3n) is 1.02. The van der Waals surface area contributed by atoms with E-state index in [1.165, 1.54) is 0 Å². The van der Waals surface area contributed by atoms with E-state index in [4.69, 9.17) is 5.11 Å². The summed E-state index contributed by atoms with van der Waals surface area (Å²) >= 11 is 3.17. The van der Waals surface area contributed by atoms with Crippen molar-refractivity contribution in [3.8, 4) is 0 Å². The van der Waals surface area contributed by atoms with Gasteiger partial charge in [-0.1, -0.05) is 0 Å². The summed E-state index contributed by atoms with van der Waals surface area (Å²) in [4.78, 5) is 1.54. The van der Waals surface area contributed by atoms with Crippen LogP contribution in [-0.4, -0.2) is 26.7 Å². The lowest BCUT2D eigenvalue weighted by Crippen LogP contribution is -2.03. The van der Waals surface area contributed by atoms with Crippen LogP contribution in [0.2, 0.25) is 0 Å². The molecule has 1 aromatic rings. The van der Waals surface area contributed by atoms with Gasteiger partial charge in [-0.25, -0.2) is 0 Å². The molecule has 0 aliphatic heterocycles. The summed E-state index contributed by atoms with van der Waals surface area (Å²) in [6.07, 6.45) is 2.32. The lowest BCUT2D eigenvalue weighted by molar-refractivity contribution is 0.273. The summed E-state index contributed by atoms with van der Waals surface area (Å²) in [5.41, 5.74) is 0. The van der Waals surface area contributed by atoms with E-state index in [1.807, 2.05) is 0 Å². The normalized spacial score (nSPS) is 10.2. The molecule has 1 heterocycles. The minimum absolute atomic E-state index is 0.180. The molecule has 56 valence electrons. The van der Waals surface area contributed by atoms with Crippen LogP contribution in [0.5, 0.6) is 0 Å². The molecule has 0 saturated heterocycles. The first-order valence-corrected chi connectivity index (χ1v) is 3.78. The van der Waals surface area contributed by atoms with Crippen molar-refractivity contribution in [1.82, 2.24) is 15.0 Å². The summed E-state index contributed by atoms with van der Waals surface area (Å²) in [6, 6.07) is 0. The summed E-state index contributed by atoms with van der Waals surface area (Å²) in [6.45, 7) is 0.848. The van der Waals surface area contributed by atoms with Gasteiger partial charge in [-0.3, -0.25) is 0 Å². The molecular weight excluding hydrogens is 198 g/mol. The molecule has 0 spiro atoms. The van der Waals surface area contributed by atoms with Crippen molar-refractivity contribution in [3.63, 3.8) is 0 Å². The highest BCUT2D eigenvalue weighted by molar-refractivity contribution is 9.10. The second-order valence-electron chi connectivity index (χ2n) is 1.84.